The summed E-state index contributed by atoms with van der Waals surface area (Å²) >= 11 is 6.18. The highest BCUT2D eigenvalue weighted by atomic mass is 35.5. The molecule has 1 aliphatic carbocycles. The van der Waals surface area contributed by atoms with Gasteiger partial charge in [0, 0.05) is 29.4 Å². The summed E-state index contributed by atoms with van der Waals surface area (Å²) in [4.78, 5) is 14.6. The van der Waals surface area contributed by atoms with Crippen LogP contribution in [-0.2, 0) is 11.2 Å². The highest BCUT2D eigenvalue weighted by molar-refractivity contribution is 6.30. The number of primary amides is 1. The molecule has 1 fully saturated rings. The fourth-order valence-electron chi connectivity index (χ4n) is 4.36. The van der Waals surface area contributed by atoms with E-state index in [-0.39, 0.29) is 0 Å². The van der Waals surface area contributed by atoms with Crippen molar-refractivity contribution in [1.82, 2.24) is 0 Å². The van der Waals surface area contributed by atoms with E-state index in [9.17, 15) is 4.79 Å². The molecular weight excluding hydrogens is 384 g/mol. The van der Waals surface area contributed by atoms with Gasteiger partial charge in [0.2, 0.25) is 5.91 Å². The number of hydrogen-bond acceptors (Lipinski definition) is 3. The number of nitrogens with two attached hydrogens (primary N) is 1. The van der Waals surface area contributed by atoms with Gasteiger partial charge in [-0.3, -0.25) is 4.79 Å². The summed E-state index contributed by atoms with van der Waals surface area (Å²) in [6.07, 6.45) is 0.719. The zero-order valence-corrected chi connectivity index (χ0v) is 16.7. The first-order chi connectivity index (χ1) is 14.1. The summed E-state index contributed by atoms with van der Waals surface area (Å²) in [6.45, 7) is 3.31. The summed E-state index contributed by atoms with van der Waals surface area (Å²) < 4.78 is 5.47. The van der Waals surface area contributed by atoms with Crippen LogP contribution < -0.4 is 10.6 Å². The molecule has 5 rings (SSSR count). The third-order valence-electron chi connectivity index (χ3n) is 5.80. The molecule has 0 spiro atoms. The van der Waals surface area contributed by atoms with E-state index < -0.39 is 5.91 Å². The monoisotopic (exact) mass is 404 g/mol. The second-order valence-electron chi connectivity index (χ2n) is 7.54. The number of anilines is 1. The minimum Gasteiger partial charge on any atom is -0.378 e. The number of morpholine rings is 1. The van der Waals surface area contributed by atoms with Gasteiger partial charge in [-0.1, -0.05) is 29.8 Å². The number of fused-ring (bicyclic) bond motifs is 3. The number of hydrogen-bond donors (Lipinski definition) is 1. The van der Waals surface area contributed by atoms with E-state index in [1.54, 1.807) is 0 Å². The van der Waals surface area contributed by atoms with Gasteiger partial charge in [0.05, 0.1) is 13.2 Å². The largest absolute Gasteiger partial charge is 0.378 e. The van der Waals surface area contributed by atoms with Gasteiger partial charge >= 0.3 is 0 Å². The summed E-state index contributed by atoms with van der Waals surface area (Å²) in [6, 6.07) is 18.3. The third kappa shape index (κ3) is 3.28. The minimum atomic E-state index is -0.397. The zero-order valence-electron chi connectivity index (χ0n) is 16.0. The van der Waals surface area contributed by atoms with E-state index in [1.807, 2.05) is 30.3 Å². The van der Waals surface area contributed by atoms with Gasteiger partial charge in [0.15, 0.2) is 0 Å². The molecule has 0 unspecified atom stereocenters. The van der Waals surface area contributed by atoms with Crippen LogP contribution in [0.5, 0.6) is 0 Å². The number of halogens is 1. The van der Waals surface area contributed by atoms with Crippen molar-refractivity contribution in [2.75, 3.05) is 31.2 Å². The van der Waals surface area contributed by atoms with Crippen molar-refractivity contribution in [2.45, 2.75) is 6.42 Å². The van der Waals surface area contributed by atoms with Crippen LogP contribution in [0.2, 0.25) is 5.02 Å². The number of amides is 1. The number of nitrogens with zero attached hydrogens (tertiary/aromatic N) is 1. The lowest BCUT2D eigenvalue weighted by molar-refractivity contribution is 0.0999. The van der Waals surface area contributed by atoms with Crippen LogP contribution in [0.25, 0.3) is 22.3 Å². The van der Waals surface area contributed by atoms with E-state index in [0.29, 0.717) is 10.6 Å². The van der Waals surface area contributed by atoms with Crippen LogP contribution in [-0.4, -0.2) is 32.2 Å². The van der Waals surface area contributed by atoms with Crippen LogP contribution in [0.3, 0.4) is 0 Å². The fourth-order valence-corrected chi connectivity index (χ4v) is 4.55. The van der Waals surface area contributed by atoms with Gasteiger partial charge in [0.1, 0.15) is 0 Å². The normalized spacial score (nSPS) is 15.1. The third-order valence-corrected chi connectivity index (χ3v) is 6.03. The van der Waals surface area contributed by atoms with Gasteiger partial charge in [-0.15, -0.1) is 0 Å². The molecule has 0 radical (unpaired) electrons. The fraction of sp³-hybridized carbons (Fsp3) is 0.208. The van der Waals surface area contributed by atoms with Crippen molar-refractivity contribution in [1.29, 1.82) is 0 Å². The number of carbonyl (C=O) groups is 1. The molecule has 146 valence electrons. The smallest absolute Gasteiger partial charge is 0.249 e. The predicted octanol–water partition coefficient (Wildman–Crippen LogP) is 4.51. The lowest BCUT2D eigenvalue weighted by Crippen LogP contribution is -2.36. The summed E-state index contributed by atoms with van der Waals surface area (Å²) in [5, 5.41) is 0.666. The highest BCUT2D eigenvalue weighted by Crippen LogP contribution is 2.42. The molecule has 2 aliphatic rings. The van der Waals surface area contributed by atoms with Crippen molar-refractivity contribution < 1.29 is 9.53 Å². The molecule has 3 aromatic rings. The van der Waals surface area contributed by atoms with Crippen molar-refractivity contribution >= 4 is 23.2 Å². The van der Waals surface area contributed by atoms with Gasteiger partial charge in [-0.05, 0) is 76.2 Å². The Kier molecular flexibility index (Phi) is 4.53. The standard InChI is InChI=1S/C24H21ClN2O2/c25-18-3-1-2-15(10-18)16-12-21-20-5-4-19(27-6-8-29-9-7-27)11-17(20)14-22(21)23(13-16)24(26)28/h1-5,10-13H,6-9,14H2,(H2,26,28). The SMILES string of the molecule is NC(=O)c1cc(-c2cccc(Cl)c2)cc2c1Cc1cc(N3CCOCC3)ccc1-2. The first-order valence-electron chi connectivity index (χ1n) is 9.79. The number of carbonyl (C=O) groups excluding carboxylic acids is 1. The quantitative estimate of drug-likeness (QED) is 0.546. The maximum atomic E-state index is 12.3. The molecule has 1 heterocycles. The van der Waals surface area contributed by atoms with Crippen LogP contribution in [0, 0.1) is 0 Å². The summed E-state index contributed by atoms with van der Waals surface area (Å²) in [5.74, 6) is -0.397. The van der Waals surface area contributed by atoms with Crippen molar-refractivity contribution in [3.63, 3.8) is 0 Å². The van der Waals surface area contributed by atoms with Gasteiger partial charge in [-0.25, -0.2) is 0 Å². The van der Waals surface area contributed by atoms with Gasteiger partial charge in [-0.2, -0.15) is 0 Å². The molecule has 5 heteroatoms. The Morgan fingerprint density at radius 2 is 1.79 bits per heavy atom. The van der Waals surface area contributed by atoms with Gasteiger partial charge in [0.25, 0.3) is 0 Å². The van der Waals surface area contributed by atoms with E-state index in [1.165, 1.54) is 16.8 Å². The Morgan fingerprint density at radius 3 is 2.55 bits per heavy atom. The average molecular weight is 405 g/mol. The van der Waals surface area contributed by atoms with Crippen molar-refractivity contribution in [2.24, 2.45) is 5.73 Å². The number of ether oxygens (including phenoxy) is 1. The maximum absolute atomic E-state index is 12.3. The highest BCUT2D eigenvalue weighted by Gasteiger charge is 2.25. The maximum Gasteiger partial charge on any atom is 0.249 e. The molecule has 1 amide bonds. The Morgan fingerprint density at radius 1 is 0.966 bits per heavy atom. The molecule has 1 saturated heterocycles. The second-order valence-corrected chi connectivity index (χ2v) is 7.98. The summed E-state index contributed by atoms with van der Waals surface area (Å²) in [5.41, 5.74) is 14.0. The number of rotatable bonds is 3. The topological polar surface area (TPSA) is 55.6 Å². The molecule has 29 heavy (non-hydrogen) atoms. The summed E-state index contributed by atoms with van der Waals surface area (Å²) in [7, 11) is 0. The van der Waals surface area contributed by atoms with E-state index in [4.69, 9.17) is 22.1 Å². The Bertz CT molecular complexity index is 1120. The molecule has 0 saturated carbocycles. The lowest BCUT2D eigenvalue weighted by Gasteiger charge is -2.29. The van der Waals surface area contributed by atoms with Crippen LogP contribution in [0.4, 0.5) is 5.69 Å². The predicted molar refractivity (Wildman–Crippen MR) is 117 cm³/mol. The molecule has 4 nitrogen and oxygen atoms in total. The lowest BCUT2D eigenvalue weighted by atomic mass is 9.94. The van der Waals surface area contributed by atoms with E-state index in [0.717, 1.165) is 55.0 Å². The molecule has 0 bridgehead atoms. The molecule has 2 N–H and O–H groups in total. The minimum absolute atomic E-state index is 0.397. The Balaban J connectivity index is 1.61. The van der Waals surface area contributed by atoms with Crippen LogP contribution in [0.15, 0.2) is 54.6 Å². The van der Waals surface area contributed by atoms with E-state index >= 15 is 0 Å². The van der Waals surface area contributed by atoms with Crippen LogP contribution in [0.1, 0.15) is 21.5 Å². The Labute approximate surface area is 174 Å². The Hall–Kier alpha value is -2.82. The van der Waals surface area contributed by atoms with Gasteiger partial charge < -0.3 is 15.4 Å². The molecule has 1 aliphatic heterocycles. The van der Waals surface area contributed by atoms with Crippen molar-refractivity contribution in [3.8, 4) is 22.3 Å². The molecule has 0 atom stereocenters. The number of benzene rings is 3. The average Bonchev–Trinajstić information content (AvgIpc) is 3.11. The van der Waals surface area contributed by atoms with E-state index in [2.05, 4.69) is 29.2 Å². The molecule has 0 aromatic heterocycles. The first kappa shape index (κ1) is 18.2. The molecule has 3 aromatic carbocycles. The zero-order chi connectivity index (χ0) is 20.0. The molecular formula is C24H21ClN2O2. The van der Waals surface area contributed by atoms with Crippen LogP contribution >= 0.6 is 11.6 Å². The second kappa shape index (κ2) is 7.21. The first-order valence-corrected chi connectivity index (χ1v) is 10.2. The van der Waals surface area contributed by atoms with Crippen molar-refractivity contribution in [3.05, 3.63) is 76.3 Å².